The Morgan fingerprint density at radius 2 is 1.78 bits per heavy atom. The van der Waals surface area contributed by atoms with Gasteiger partial charge in [-0.05, 0) is 45.3 Å². The monoisotopic (exact) mass is 438 g/mol. The Hall–Kier alpha value is -3.42. The van der Waals surface area contributed by atoms with Crippen LogP contribution in [0.2, 0.25) is 0 Å². The molecule has 8 nitrogen and oxygen atoms in total. The Morgan fingerprint density at radius 1 is 1.12 bits per heavy atom. The molecule has 1 aromatic heterocycles. The molecule has 1 aromatic carbocycles. The molecule has 0 radical (unpaired) electrons. The fourth-order valence-corrected chi connectivity index (χ4v) is 3.81. The Morgan fingerprint density at radius 3 is 2.41 bits per heavy atom. The molecule has 1 saturated heterocycles. The van der Waals surface area contributed by atoms with Crippen molar-refractivity contribution in [3.05, 3.63) is 58.4 Å². The molecular weight excluding hydrogens is 408 g/mol. The molecule has 2 aromatic rings. The number of amides is 2. The van der Waals surface area contributed by atoms with Crippen LogP contribution in [-0.4, -0.2) is 52.2 Å². The highest BCUT2D eigenvalue weighted by Crippen LogP contribution is 2.18. The summed E-state index contributed by atoms with van der Waals surface area (Å²) in [6.07, 6.45) is 4.08. The summed E-state index contributed by atoms with van der Waals surface area (Å²) in [5.74, 6) is -1.38. The molecule has 1 fully saturated rings. The molecule has 0 aliphatic carbocycles. The zero-order chi connectivity index (χ0) is 23.3. The highest BCUT2D eigenvalue weighted by molar-refractivity contribution is 5.89. The predicted octanol–water partition coefficient (Wildman–Crippen LogP) is 2.14. The first-order valence-electron chi connectivity index (χ1n) is 10.8. The van der Waals surface area contributed by atoms with E-state index in [9.17, 15) is 14.4 Å². The minimum Gasteiger partial charge on any atom is -0.452 e. The third-order valence-corrected chi connectivity index (χ3v) is 5.86. The number of aromatic nitrogens is 2. The van der Waals surface area contributed by atoms with Gasteiger partial charge >= 0.3 is 5.97 Å². The van der Waals surface area contributed by atoms with Gasteiger partial charge in [-0.1, -0.05) is 29.8 Å². The third-order valence-electron chi connectivity index (χ3n) is 5.86. The quantitative estimate of drug-likeness (QED) is 0.526. The van der Waals surface area contributed by atoms with Crippen molar-refractivity contribution in [1.82, 2.24) is 14.7 Å². The van der Waals surface area contributed by atoms with Crippen LogP contribution >= 0.6 is 0 Å². The van der Waals surface area contributed by atoms with E-state index >= 15 is 0 Å². The van der Waals surface area contributed by atoms with Crippen molar-refractivity contribution in [1.29, 1.82) is 0 Å². The van der Waals surface area contributed by atoms with Crippen LogP contribution in [0.3, 0.4) is 0 Å². The van der Waals surface area contributed by atoms with Gasteiger partial charge in [-0.25, -0.2) is 4.79 Å². The standard InChI is InChI=1S/C24H30N4O4/c1-16-4-6-19(7-5-16)14-28-18(3)21(17(2)26-28)8-9-23(30)32-15-22(29)27-12-10-20(11-13-27)24(25)31/h4-9,20H,10-15H2,1-3H3,(H2,25,31)/b9-8+. The summed E-state index contributed by atoms with van der Waals surface area (Å²) in [6.45, 7) is 7.10. The average molecular weight is 439 g/mol. The summed E-state index contributed by atoms with van der Waals surface area (Å²) in [5.41, 5.74) is 10.3. The fraction of sp³-hybridized carbons (Fsp3) is 0.417. The second kappa shape index (κ2) is 10.3. The van der Waals surface area contributed by atoms with Crippen LogP contribution in [0.15, 0.2) is 30.3 Å². The number of benzene rings is 1. The van der Waals surface area contributed by atoms with Gasteiger partial charge in [0.25, 0.3) is 5.91 Å². The number of hydrogen-bond donors (Lipinski definition) is 1. The van der Waals surface area contributed by atoms with E-state index in [1.54, 1.807) is 11.0 Å². The van der Waals surface area contributed by atoms with Crippen LogP contribution in [0.25, 0.3) is 6.08 Å². The van der Waals surface area contributed by atoms with E-state index in [0.717, 1.165) is 22.5 Å². The number of esters is 1. The Labute approximate surface area is 188 Å². The van der Waals surface area contributed by atoms with E-state index in [1.165, 1.54) is 11.6 Å². The molecule has 2 amide bonds. The van der Waals surface area contributed by atoms with E-state index in [2.05, 4.69) is 36.3 Å². The lowest BCUT2D eigenvalue weighted by Crippen LogP contribution is -2.43. The van der Waals surface area contributed by atoms with Crippen LogP contribution in [0, 0.1) is 26.7 Å². The van der Waals surface area contributed by atoms with Crippen molar-refractivity contribution in [2.75, 3.05) is 19.7 Å². The molecule has 0 atom stereocenters. The number of carbonyl (C=O) groups is 3. The largest absolute Gasteiger partial charge is 0.452 e. The number of nitrogens with two attached hydrogens (primary N) is 1. The van der Waals surface area contributed by atoms with E-state index in [1.807, 2.05) is 18.5 Å². The highest BCUT2D eigenvalue weighted by Gasteiger charge is 2.26. The van der Waals surface area contributed by atoms with E-state index in [4.69, 9.17) is 10.5 Å². The molecule has 0 saturated carbocycles. The maximum absolute atomic E-state index is 12.3. The lowest BCUT2D eigenvalue weighted by atomic mass is 9.96. The maximum atomic E-state index is 12.3. The van der Waals surface area contributed by atoms with E-state index in [0.29, 0.717) is 32.5 Å². The third kappa shape index (κ3) is 5.84. The van der Waals surface area contributed by atoms with Crippen molar-refractivity contribution < 1.29 is 19.1 Å². The lowest BCUT2D eigenvalue weighted by Gasteiger charge is -2.30. The summed E-state index contributed by atoms with van der Waals surface area (Å²) in [4.78, 5) is 37.2. The SMILES string of the molecule is Cc1ccc(Cn2nc(C)c(/C=C/C(=O)OCC(=O)N3CCC(C(N)=O)CC3)c2C)cc1. The predicted molar refractivity (Wildman–Crippen MR) is 120 cm³/mol. The van der Waals surface area contributed by atoms with Crippen LogP contribution in [0.5, 0.6) is 0 Å². The smallest absolute Gasteiger partial charge is 0.331 e. The first-order valence-corrected chi connectivity index (χ1v) is 10.8. The number of primary amides is 1. The fourth-order valence-electron chi connectivity index (χ4n) is 3.81. The topological polar surface area (TPSA) is 108 Å². The molecule has 0 unspecified atom stereocenters. The van der Waals surface area contributed by atoms with E-state index < -0.39 is 5.97 Å². The molecule has 2 N–H and O–H groups in total. The summed E-state index contributed by atoms with van der Waals surface area (Å²) < 4.78 is 7.02. The van der Waals surface area contributed by atoms with Crippen LogP contribution in [-0.2, 0) is 25.7 Å². The molecule has 32 heavy (non-hydrogen) atoms. The van der Waals surface area contributed by atoms with Gasteiger partial charge in [0.1, 0.15) is 0 Å². The Balaban J connectivity index is 1.53. The zero-order valence-electron chi connectivity index (χ0n) is 18.8. The zero-order valence-corrected chi connectivity index (χ0v) is 18.8. The van der Waals surface area contributed by atoms with Crippen LogP contribution in [0.4, 0.5) is 0 Å². The molecule has 1 aliphatic heterocycles. The van der Waals surface area contributed by atoms with E-state index in [-0.39, 0.29) is 24.3 Å². The number of rotatable bonds is 7. The van der Waals surface area contributed by atoms with Gasteiger partial charge < -0.3 is 15.4 Å². The van der Waals surface area contributed by atoms with Crippen molar-refractivity contribution in [2.45, 2.75) is 40.2 Å². The molecule has 8 heteroatoms. The van der Waals surface area contributed by atoms with Crippen LogP contribution < -0.4 is 5.73 Å². The van der Waals surface area contributed by atoms with Gasteiger partial charge in [0.05, 0.1) is 12.2 Å². The molecule has 2 heterocycles. The summed E-state index contributed by atoms with van der Waals surface area (Å²) >= 11 is 0. The first kappa shape index (κ1) is 23.2. The average Bonchev–Trinajstić information content (AvgIpc) is 3.04. The first-order chi connectivity index (χ1) is 15.2. The van der Waals surface area contributed by atoms with Gasteiger partial charge in [-0.15, -0.1) is 0 Å². The number of piperidine rings is 1. The summed E-state index contributed by atoms with van der Waals surface area (Å²) in [5, 5.41) is 4.58. The minimum absolute atomic E-state index is 0.192. The highest BCUT2D eigenvalue weighted by atomic mass is 16.5. The minimum atomic E-state index is -0.588. The molecule has 170 valence electrons. The number of likely N-dealkylation sites (tertiary alicyclic amines) is 1. The van der Waals surface area contributed by atoms with Crippen molar-refractivity contribution in [2.24, 2.45) is 11.7 Å². The second-order valence-electron chi connectivity index (χ2n) is 8.23. The van der Waals surface area contributed by atoms with Crippen molar-refractivity contribution >= 4 is 23.9 Å². The van der Waals surface area contributed by atoms with Crippen LogP contribution in [0.1, 0.15) is 40.9 Å². The number of aryl methyl sites for hydroxylation is 2. The maximum Gasteiger partial charge on any atom is 0.331 e. The van der Waals surface area contributed by atoms with Crippen molar-refractivity contribution in [3.63, 3.8) is 0 Å². The molecule has 3 rings (SSSR count). The molecule has 0 bridgehead atoms. The Kier molecular flexibility index (Phi) is 7.45. The lowest BCUT2D eigenvalue weighted by molar-refractivity contribution is -0.149. The summed E-state index contributed by atoms with van der Waals surface area (Å²) in [6, 6.07) is 8.29. The number of hydrogen-bond acceptors (Lipinski definition) is 5. The Bertz CT molecular complexity index is 1020. The molecule has 0 spiro atoms. The van der Waals surface area contributed by atoms with Gasteiger partial charge in [-0.3, -0.25) is 14.3 Å². The van der Waals surface area contributed by atoms with Gasteiger partial charge in [0.15, 0.2) is 6.61 Å². The molecule has 1 aliphatic rings. The number of carbonyl (C=O) groups excluding carboxylic acids is 3. The number of ether oxygens (including phenoxy) is 1. The summed E-state index contributed by atoms with van der Waals surface area (Å²) in [7, 11) is 0. The normalized spacial score (nSPS) is 14.7. The van der Waals surface area contributed by atoms with Gasteiger partial charge in [0.2, 0.25) is 5.91 Å². The van der Waals surface area contributed by atoms with Gasteiger partial charge in [0, 0.05) is 36.3 Å². The second-order valence-corrected chi connectivity index (χ2v) is 8.23. The van der Waals surface area contributed by atoms with Crippen molar-refractivity contribution in [3.8, 4) is 0 Å². The molecular formula is C24H30N4O4. The number of nitrogens with zero attached hydrogens (tertiary/aromatic N) is 3. The van der Waals surface area contributed by atoms with Gasteiger partial charge in [-0.2, -0.15) is 5.10 Å².